The van der Waals surface area contributed by atoms with E-state index in [9.17, 15) is 4.79 Å². The highest BCUT2D eigenvalue weighted by Crippen LogP contribution is 2.31. The van der Waals surface area contributed by atoms with Crippen LogP contribution in [-0.2, 0) is 0 Å². The third-order valence-electron chi connectivity index (χ3n) is 4.84. The van der Waals surface area contributed by atoms with Gasteiger partial charge in [-0.1, -0.05) is 33.8 Å². The molecule has 6 nitrogen and oxygen atoms in total. The van der Waals surface area contributed by atoms with Crippen molar-refractivity contribution >= 4 is 33.4 Å². The molecular weight excluding hydrogens is 408 g/mol. The molecule has 0 spiro atoms. The van der Waals surface area contributed by atoms with E-state index in [4.69, 9.17) is 4.74 Å². The van der Waals surface area contributed by atoms with Gasteiger partial charge in [-0.2, -0.15) is 0 Å². The molecule has 3 aromatic rings. The van der Waals surface area contributed by atoms with Gasteiger partial charge < -0.3 is 9.64 Å². The molecule has 0 saturated carbocycles. The first-order valence-electron chi connectivity index (χ1n) is 11.2. The van der Waals surface area contributed by atoms with E-state index in [1.165, 1.54) is 22.1 Å². The molecule has 0 amide bonds. The van der Waals surface area contributed by atoms with Gasteiger partial charge in [0.2, 0.25) is 5.88 Å². The Bertz CT molecular complexity index is 907. The number of nitrogens with zero attached hydrogens (tertiary/aromatic N) is 4. The number of benzene rings is 1. The molecule has 168 valence electrons. The largest absolute Gasteiger partial charge is 0.478 e. The van der Waals surface area contributed by atoms with Crippen LogP contribution < -0.4 is 9.64 Å². The lowest BCUT2D eigenvalue weighted by atomic mass is 10.2. The Morgan fingerprint density at radius 3 is 2.58 bits per heavy atom. The van der Waals surface area contributed by atoms with Gasteiger partial charge in [-0.15, -0.1) is 11.3 Å². The van der Waals surface area contributed by atoms with Crippen molar-refractivity contribution in [3.8, 4) is 5.88 Å². The summed E-state index contributed by atoms with van der Waals surface area (Å²) < 4.78 is 6.98. The second kappa shape index (κ2) is 13.7. The first-order valence-corrected chi connectivity index (χ1v) is 12.0. The van der Waals surface area contributed by atoms with Crippen molar-refractivity contribution in [3.63, 3.8) is 0 Å². The lowest BCUT2D eigenvalue weighted by molar-refractivity contribution is 0.111. The second-order valence-electron chi connectivity index (χ2n) is 6.54. The molecule has 0 radical (unpaired) electrons. The maximum Gasteiger partial charge on any atom is 0.217 e. The number of piperazine rings is 1. The molecule has 1 aliphatic rings. The number of rotatable bonds is 7. The molecule has 0 unspecified atom stereocenters. The van der Waals surface area contributed by atoms with Crippen molar-refractivity contribution in [1.29, 1.82) is 0 Å². The summed E-state index contributed by atoms with van der Waals surface area (Å²) in [5.41, 5.74) is 1.70. The molecule has 7 heteroatoms. The molecular formula is C24H34N4O2S. The summed E-state index contributed by atoms with van der Waals surface area (Å²) in [7, 11) is 0. The molecule has 0 atom stereocenters. The monoisotopic (exact) mass is 442 g/mol. The minimum Gasteiger partial charge on any atom is -0.478 e. The molecule has 0 N–H and O–H groups in total. The summed E-state index contributed by atoms with van der Waals surface area (Å²) in [6.07, 6.45) is 2.98. The summed E-state index contributed by atoms with van der Waals surface area (Å²) in [6, 6.07) is 10.4. The predicted molar refractivity (Wildman–Crippen MR) is 131 cm³/mol. The maximum atomic E-state index is 10.7. The van der Waals surface area contributed by atoms with Crippen LogP contribution in [0.2, 0.25) is 0 Å². The van der Waals surface area contributed by atoms with E-state index >= 15 is 0 Å². The number of ether oxygens (including phenoxy) is 1. The van der Waals surface area contributed by atoms with Crippen molar-refractivity contribution in [2.24, 2.45) is 0 Å². The minimum absolute atomic E-state index is 0.344. The zero-order valence-corrected chi connectivity index (χ0v) is 19.9. The lowest BCUT2D eigenvalue weighted by Crippen LogP contribution is -2.46. The second-order valence-corrected chi connectivity index (χ2v) is 7.49. The Kier molecular flexibility index (Phi) is 11.0. The Labute approximate surface area is 189 Å². The smallest absolute Gasteiger partial charge is 0.217 e. The lowest BCUT2D eigenvalue weighted by Gasteiger charge is -2.36. The quantitative estimate of drug-likeness (QED) is 0.373. The van der Waals surface area contributed by atoms with Crippen LogP contribution in [-0.4, -0.2) is 60.5 Å². The van der Waals surface area contributed by atoms with Gasteiger partial charge in [-0.3, -0.25) is 9.69 Å². The van der Waals surface area contributed by atoms with Crippen molar-refractivity contribution < 1.29 is 9.53 Å². The molecule has 4 rings (SSSR count). The number of thiophene rings is 1. The van der Waals surface area contributed by atoms with E-state index in [0.717, 1.165) is 39.1 Å². The summed E-state index contributed by atoms with van der Waals surface area (Å²) in [4.78, 5) is 23.6. The fraction of sp³-hybridized carbons (Fsp3) is 0.458. The SMILES string of the molecule is CC.CC.O=Cc1cc(OCCCN2CCN(c3cccc4sccc34)CC2)ncn1. The van der Waals surface area contributed by atoms with E-state index in [-0.39, 0.29) is 0 Å². The maximum absolute atomic E-state index is 10.7. The highest BCUT2D eigenvalue weighted by atomic mass is 32.1. The van der Waals surface area contributed by atoms with Crippen LogP contribution in [0.5, 0.6) is 5.88 Å². The number of aromatic nitrogens is 2. The van der Waals surface area contributed by atoms with Crippen molar-refractivity contribution in [1.82, 2.24) is 14.9 Å². The summed E-state index contributed by atoms with van der Waals surface area (Å²) in [5.74, 6) is 0.459. The zero-order valence-electron chi connectivity index (χ0n) is 19.1. The molecule has 1 saturated heterocycles. The molecule has 1 aromatic carbocycles. The van der Waals surface area contributed by atoms with Crippen molar-refractivity contribution in [2.45, 2.75) is 34.1 Å². The molecule has 1 aliphatic heterocycles. The number of fused-ring (bicyclic) bond motifs is 1. The predicted octanol–water partition coefficient (Wildman–Crippen LogP) is 5.15. The Morgan fingerprint density at radius 1 is 1.06 bits per heavy atom. The Hall–Kier alpha value is -2.51. The van der Waals surface area contributed by atoms with E-state index < -0.39 is 0 Å². The summed E-state index contributed by atoms with van der Waals surface area (Å²) in [5, 5.41) is 3.53. The number of carbonyl (C=O) groups excluding carboxylic acids is 1. The van der Waals surface area contributed by atoms with Crippen LogP contribution >= 0.6 is 11.3 Å². The van der Waals surface area contributed by atoms with Gasteiger partial charge in [-0.25, -0.2) is 9.97 Å². The third kappa shape index (κ3) is 7.01. The summed E-state index contributed by atoms with van der Waals surface area (Å²) in [6.45, 7) is 13.8. The van der Waals surface area contributed by atoms with E-state index in [2.05, 4.69) is 49.4 Å². The molecule has 3 heterocycles. The number of hydrogen-bond donors (Lipinski definition) is 0. The van der Waals surface area contributed by atoms with Crippen LogP contribution in [0.1, 0.15) is 44.6 Å². The van der Waals surface area contributed by atoms with Gasteiger partial charge >= 0.3 is 0 Å². The molecule has 31 heavy (non-hydrogen) atoms. The normalized spacial score (nSPS) is 13.6. The number of hydrogen-bond acceptors (Lipinski definition) is 7. The number of carbonyl (C=O) groups is 1. The number of anilines is 1. The number of aldehydes is 1. The zero-order chi connectivity index (χ0) is 22.5. The van der Waals surface area contributed by atoms with Gasteiger partial charge in [0.1, 0.15) is 12.0 Å². The van der Waals surface area contributed by atoms with Gasteiger partial charge in [-0.05, 0) is 30.0 Å². The molecule has 0 bridgehead atoms. The minimum atomic E-state index is 0.344. The topological polar surface area (TPSA) is 58.6 Å². The fourth-order valence-corrected chi connectivity index (χ4v) is 4.24. The molecule has 1 fully saturated rings. The molecule has 2 aromatic heterocycles. The van der Waals surface area contributed by atoms with Crippen LogP contribution in [0.4, 0.5) is 5.69 Å². The third-order valence-corrected chi connectivity index (χ3v) is 5.72. The van der Waals surface area contributed by atoms with Crippen LogP contribution in [0.15, 0.2) is 42.0 Å². The van der Waals surface area contributed by atoms with Gasteiger partial charge in [0.25, 0.3) is 0 Å². The van der Waals surface area contributed by atoms with Crippen LogP contribution in [0, 0.1) is 0 Å². The summed E-state index contributed by atoms with van der Waals surface area (Å²) >= 11 is 1.80. The van der Waals surface area contributed by atoms with E-state index in [1.807, 2.05) is 27.7 Å². The van der Waals surface area contributed by atoms with Crippen LogP contribution in [0.25, 0.3) is 10.1 Å². The van der Waals surface area contributed by atoms with E-state index in [0.29, 0.717) is 24.5 Å². The van der Waals surface area contributed by atoms with Gasteiger partial charge in [0.15, 0.2) is 6.29 Å². The van der Waals surface area contributed by atoms with Gasteiger partial charge in [0.05, 0.1) is 6.61 Å². The van der Waals surface area contributed by atoms with Gasteiger partial charge in [0, 0.05) is 54.6 Å². The Morgan fingerprint density at radius 2 is 1.84 bits per heavy atom. The van der Waals surface area contributed by atoms with E-state index in [1.54, 1.807) is 17.4 Å². The average molecular weight is 443 g/mol. The van der Waals surface area contributed by atoms with Crippen molar-refractivity contribution in [2.75, 3.05) is 44.2 Å². The highest BCUT2D eigenvalue weighted by molar-refractivity contribution is 7.17. The first kappa shape index (κ1) is 24.8. The highest BCUT2D eigenvalue weighted by Gasteiger charge is 2.18. The average Bonchev–Trinajstić information content (AvgIpc) is 3.34. The fourth-order valence-electron chi connectivity index (χ4n) is 3.43. The first-order chi connectivity index (χ1) is 15.3. The Balaban J connectivity index is 0.000000807. The standard InChI is InChI=1S/C20H22N4O2S.2C2H6/c25-14-16-13-20(22-15-21-16)26-11-2-6-23-7-9-24(10-8-23)18-3-1-4-19-17(18)5-12-27-19;2*1-2/h1,3-5,12-15H,2,6-11H2;2*1-2H3. The molecule has 0 aliphatic carbocycles. The van der Waals surface area contributed by atoms with Crippen molar-refractivity contribution in [3.05, 3.63) is 47.7 Å². The van der Waals surface area contributed by atoms with Crippen LogP contribution in [0.3, 0.4) is 0 Å².